The number of carboxylic acid groups (broad SMARTS) is 3. The van der Waals surface area contributed by atoms with E-state index in [1.807, 2.05) is 0 Å². The maximum Gasteiger partial charge on any atom is 3.00 e. The van der Waals surface area contributed by atoms with Gasteiger partial charge in [0.05, 0.1) is 0 Å². The zero-order valence-electron chi connectivity index (χ0n) is 43.6. The number of hydrogen-bond acceptors (Lipinski definition) is 6. The number of carboxylic acids is 3. The maximum absolute atomic E-state index is 10.2. The monoisotopic (exact) mass is 1010 g/mol. The normalized spacial score (nSPS) is 10.7. The fourth-order valence-electron chi connectivity index (χ4n) is 8.45. The summed E-state index contributed by atoms with van der Waals surface area (Å²) in [6.45, 7) is 6.81. The van der Waals surface area contributed by atoms with Gasteiger partial charge in [0.2, 0.25) is 0 Å². The Hall–Kier alpha value is -0.720. The summed E-state index contributed by atoms with van der Waals surface area (Å²) >= 11 is 0. The molecule has 0 rings (SSSR count). The van der Waals surface area contributed by atoms with Crippen molar-refractivity contribution in [2.24, 2.45) is 0 Å². The van der Waals surface area contributed by atoms with Crippen LogP contribution in [0.5, 0.6) is 0 Å². The molecule has 0 spiro atoms. The van der Waals surface area contributed by atoms with E-state index in [1.165, 1.54) is 270 Å². The van der Waals surface area contributed by atoms with Gasteiger partial charge in [0.25, 0.3) is 0 Å². The van der Waals surface area contributed by atoms with Crippen molar-refractivity contribution in [2.45, 2.75) is 348 Å². The first kappa shape index (κ1) is 69.8. The molecule has 0 saturated carbocycles. The van der Waals surface area contributed by atoms with Gasteiger partial charge in [-0.25, -0.2) is 0 Å². The summed E-state index contributed by atoms with van der Waals surface area (Å²) in [4.78, 5) is 30.7. The molecule has 0 bridgehead atoms. The molecule has 0 aromatic rings. The van der Waals surface area contributed by atoms with E-state index in [9.17, 15) is 29.7 Å². The quantitative estimate of drug-likeness (QED) is 0.0560. The first-order valence-electron chi connectivity index (χ1n) is 28.4. The molecule has 7 heteroatoms. The van der Waals surface area contributed by atoms with Crippen LogP contribution in [0.15, 0.2) is 0 Å². The third-order valence-corrected chi connectivity index (χ3v) is 12.7. The second-order valence-electron chi connectivity index (χ2n) is 19.3. The van der Waals surface area contributed by atoms with Gasteiger partial charge in [-0.2, -0.15) is 0 Å². The smallest absolute Gasteiger partial charge is 0.550 e. The van der Waals surface area contributed by atoms with Crippen molar-refractivity contribution < 1.29 is 29.7 Å². The van der Waals surface area contributed by atoms with Crippen LogP contribution in [-0.2, 0) is 14.4 Å². The van der Waals surface area contributed by atoms with Crippen molar-refractivity contribution in [3.63, 3.8) is 0 Å². The fraction of sp³-hybridized carbons (Fsp3) is 0.947. The third kappa shape index (κ3) is 78.4. The molecule has 0 unspecified atom stereocenters. The van der Waals surface area contributed by atoms with Crippen LogP contribution in [0.3, 0.4) is 0 Å². The Labute approximate surface area is 419 Å². The first-order chi connectivity index (χ1) is 30.8. The fourth-order valence-corrected chi connectivity index (χ4v) is 8.45. The van der Waals surface area contributed by atoms with E-state index < -0.39 is 17.9 Å². The molecule has 0 amide bonds. The molecule has 0 fully saturated rings. The summed E-state index contributed by atoms with van der Waals surface area (Å²) < 4.78 is 0. The van der Waals surface area contributed by atoms with Crippen molar-refractivity contribution in [3.05, 3.63) is 0 Å². The SMILES string of the molecule is CCCCCCCCCCCCCCCCCCC(=O)[O-].CCCCCCCCCCCCCCCCCCC(=O)[O-].CCCCCCCCCCCCCCCCCCC(=O)[O-].[In+3]. The Kier molecular flexibility index (Phi) is 72.6. The molecule has 0 aliphatic heterocycles. The van der Waals surface area contributed by atoms with Crippen LogP contribution in [0.2, 0.25) is 0 Å². The molecule has 0 heterocycles. The topological polar surface area (TPSA) is 120 Å². The Balaban J connectivity index is -0.000000419. The number of unbranched alkanes of at least 4 members (excludes halogenated alkanes) is 45. The minimum atomic E-state index is -0.902. The molecule has 0 atom stereocenters. The molecule has 64 heavy (non-hydrogen) atoms. The molecule has 6 nitrogen and oxygen atoms in total. The van der Waals surface area contributed by atoms with Gasteiger partial charge in [0.1, 0.15) is 0 Å². The van der Waals surface area contributed by atoms with Crippen molar-refractivity contribution in [1.82, 2.24) is 0 Å². The van der Waals surface area contributed by atoms with Gasteiger partial charge in [-0.3, -0.25) is 0 Å². The van der Waals surface area contributed by atoms with E-state index >= 15 is 0 Å². The minimum absolute atomic E-state index is 0. The number of hydrogen-bond donors (Lipinski definition) is 0. The van der Waals surface area contributed by atoms with Crippen molar-refractivity contribution in [3.8, 4) is 0 Å². The van der Waals surface area contributed by atoms with E-state index in [0.717, 1.165) is 38.5 Å². The summed E-state index contributed by atoms with van der Waals surface area (Å²) in [7, 11) is 0. The van der Waals surface area contributed by atoms with Gasteiger partial charge in [-0.1, -0.05) is 310 Å². The molecule has 0 saturated heterocycles. The van der Waals surface area contributed by atoms with Crippen LogP contribution in [0, 0.1) is 0 Å². The maximum atomic E-state index is 10.2. The van der Waals surface area contributed by atoms with Crippen LogP contribution in [-0.4, -0.2) is 43.8 Å². The van der Waals surface area contributed by atoms with E-state index in [-0.39, 0.29) is 45.1 Å². The number of carbonyl (C=O) groups is 3. The van der Waals surface area contributed by atoms with E-state index in [2.05, 4.69) is 20.8 Å². The Morgan fingerprint density at radius 1 is 0.203 bits per heavy atom. The third-order valence-electron chi connectivity index (χ3n) is 12.7. The zero-order valence-corrected chi connectivity index (χ0v) is 46.9. The Bertz CT molecular complexity index is 758. The van der Waals surface area contributed by atoms with Crippen LogP contribution >= 0.6 is 0 Å². The van der Waals surface area contributed by atoms with Crippen molar-refractivity contribution in [1.29, 1.82) is 0 Å². The predicted octanol–water partition coefficient (Wildman–Crippen LogP) is 15.8. The van der Waals surface area contributed by atoms with Gasteiger partial charge in [-0.05, 0) is 38.5 Å². The Morgan fingerprint density at radius 2 is 0.297 bits per heavy atom. The molecule has 0 N–H and O–H groups in total. The van der Waals surface area contributed by atoms with Crippen LogP contribution in [0.25, 0.3) is 0 Å². The predicted molar refractivity (Wildman–Crippen MR) is 273 cm³/mol. The molecule has 0 aromatic carbocycles. The van der Waals surface area contributed by atoms with Crippen molar-refractivity contribution >= 4 is 43.8 Å². The minimum Gasteiger partial charge on any atom is -0.550 e. The second-order valence-corrected chi connectivity index (χ2v) is 19.3. The van der Waals surface area contributed by atoms with E-state index in [0.29, 0.717) is 0 Å². The zero-order chi connectivity index (χ0) is 46.8. The standard InChI is InChI=1S/3C19H38O2.In/c3*1-2-3-4-5-6-7-8-9-10-11-12-13-14-15-16-17-18-19(20)21;/h3*2-18H2,1H3,(H,20,21);/q;;;+3/p-3. The summed E-state index contributed by atoms with van der Waals surface area (Å²) in [5.74, 6) is -2.71. The molecular weight excluding hydrogens is 895 g/mol. The molecule has 0 aliphatic carbocycles. The van der Waals surface area contributed by atoms with E-state index in [1.54, 1.807) is 0 Å². The largest absolute Gasteiger partial charge is 3.00 e. The number of carbonyl (C=O) groups excluding carboxylic acids is 3. The Morgan fingerprint density at radius 3 is 0.391 bits per heavy atom. The summed E-state index contributed by atoms with van der Waals surface area (Å²) in [6.07, 6.45) is 64.0. The van der Waals surface area contributed by atoms with Crippen LogP contribution in [0.4, 0.5) is 0 Å². The van der Waals surface area contributed by atoms with Gasteiger partial charge < -0.3 is 29.7 Å². The summed E-state index contributed by atoms with van der Waals surface area (Å²) in [6, 6.07) is 0. The number of rotatable bonds is 51. The van der Waals surface area contributed by atoms with Crippen LogP contribution < -0.4 is 15.3 Å². The van der Waals surface area contributed by atoms with Gasteiger partial charge in [0, 0.05) is 17.9 Å². The van der Waals surface area contributed by atoms with Gasteiger partial charge in [0.15, 0.2) is 0 Å². The average Bonchev–Trinajstić information content (AvgIpc) is 3.26. The molecule has 0 aromatic heterocycles. The summed E-state index contributed by atoms with van der Waals surface area (Å²) in [5.41, 5.74) is 0. The van der Waals surface area contributed by atoms with Gasteiger partial charge in [-0.15, -0.1) is 0 Å². The first-order valence-corrected chi connectivity index (χ1v) is 28.4. The summed E-state index contributed by atoms with van der Waals surface area (Å²) in [5, 5.41) is 30.7. The van der Waals surface area contributed by atoms with Crippen molar-refractivity contribution in [2.75, 3.05) is 0 Å². The van der Waals surface area contributed by atoms with E-state index in [4.69, 9.17) is 0 Å². The second kappa shape index (κ2) is 66.6. The van der Waals surface area contributed by atoms with Gasteiger partial charge >= 0.3 is 25.8 Å². The average molecular weight is 1010 g/mol. The molecule has 0 aliphatic rings. The molecule has 0 radical (unpaired) electrons. The number of aliphatic carboxylic acids is 3. The molecular formula is C57H111InO6. The van der Waals surface area contributed by atoms with Crippen LogP contribution in [0.1, 0.15) is 348 Å². The molecule has 378 valence electrons.